The van der Waals surface area contributed by atoms with E-state index in [1.165, 1.54) is 18.5 Å². The van der Waals surface area contributed by atoms with E-state index >= 15 is 0 Å². The molecule has 0 aromatic carbocycles. The second-order valence-electron chi connectivity index (χ2n) is 4.91. The van der Waals surface area contributed by atoms with Gasteiger partial charge in [0, 0.05) is 36.2 Å². The first-order valence-electron chi connectivity index (χ1n) is 6.58. The number of pyridine rings is 1. The minimum atomic E-state index is 0.511. The van der Waals surface area contributed by atoms with Crippen molar-refractivity contribution in [1.29, 1.82) is 5.26 Å². The zero-order valence-electron chi connectivity index (χ0n) is 10.7. The summed E-state index contributed by atoms with van der Waals surface area (Å²) in [6.45, 7) is 1.59. The standard InChI is InChI=1S/C15H16N4/c16-9-15-12(3-1-7-17-15)11-19-8-2-4-14(19)10-18-13-5-6-13/h1-4,7-8,13,18H,5-6,10-11H2. The van der Waals surface area contributed by atoms with Crippen molar-refractivity contribution in [1.82, 2.24) is 14.9 Å². The largest absolute Gasteiger partial charge is 0.346 e. The summed E-state index contributed by atoms with van der Waals surface area (Å²) in [7, 11) is 0. The molecule has 0 unspecified atom stereocenters. The second-order valence-corrected chi connectivity index (χ2v) is 4.91. The van der Waals surface area contributed by atoms with Gasteiger partial charge in [0.05, 0.1) is 6.54 Å². The molecule has 1 saturated carbocycles. The molecule has 0 spiro atoms. The maximum atomic E-state index is 9.07. The Morgan fingerprint density at radius 1 is 1.37 bits per heavy atom. The molecule has 2 aromatic rings. The van der Waals surface area contributed by atoms with E-state index < -0.39 is 0 Å². The molecule has 2 aromatic heterocycles. The molecule has 1 aliphatic carbocycles. The maximum Gasteiger partial charge on any atom is 0.145 e. The predicted molar refractivity (Wildman–Crippen MR) is 72.3 cm³/mol. The summed E-state index contributed by atoms with van der Waals surface area (Å²) < 4.78 is 2.17. The molecular formula is C15H16N4. The van der Waals surface area contributed by atoms with Gasteiger partial charge in [-0.1, -0.05) is 6.07 Å². The Hall–Kier alpha value is -2.12. The molecule has 1 N–H and O–H groups in total. The summed E-state index contributed by atoms with van der Waals surface area (Å²) in [6.07, 6.45) is 6.30. The van der Waals surface area contributed by atoms with Gasteiger partial charge >= 0.3 is 0 Å². The Kier molecular flexibility index (Phi) is 3.30. The number of hydrogen-bond acceptors (Lipinski definition) is 3. The fourth-order valence-electron chi connectivity index (χ4n) is 2.15. The molecule has 19 heavy (non-hydrogen) atoms. The third kappa shape index (κ3) is 2.83. The van der Waals surface area contributed by atoms with Crippen LogP contribution in [-0.2, 0) is 13.1 Å². The topological polar surface area (TPSA) is 53.6 Å². The number of nitriles is 1. The summed E-state index contributed by atoms with van der Waals surface area (Å²) in [4.78, 5) is 4.10. The lowest BCUT2D eigenvalue weighted by Crippen LogP contribution is -2.18. The lowest BCUT2D eigenvalue weighted by molar-refractivity contribution is 0.633. The van der Waals surface area contributed by atoms with E-state index in [0.29, 0.717) is 18.3 Å². The van der Waals surface area contributed by atoms with Crippen LogP contribution in [0.15, 0.2) is 36.7 Å². The fourth-order valence-corrected chi connectivity index (χ4v) is 2.15. The summed E-state index contributed by atoms with van der Waals surface area (Å²) in [6, 6.07) is 10.9. The number of hydrogen-bond donors (Lipinski definition) is 1. The van der Waals surface area contributed by atoms with Crippen LogP contribution in [0.25, 0.3) is 0 Å². The zero-order valence-corrected chi connectivity index (χ0v) is 10.7. The van der Waals surface area contributed by atoms with E-state index in [1.807, 2.05) is 18.2 Å². The molecule has 0 bridgehead atoms. The van der Waals surface area contributed by atoms with Crippen LogP contribution in [0, 0.1) is 11.3 Å². The van der Waals surface area contributed by atoms with Crippen molar-refractivity contribution in [2.24, 2.45) is 0 Å². The van der Waals surface area contributed by atoms with Crippen molar-refractivity contribution in [3.8, 4) is 6.07 Å². The van der Waals surface area contributed by atoms with Crippen LogP contribution in [0.4, 0.5) is 0 Å². The number of nitrogens with one attached hydrogen (secondary N) is 1. The van der Waals surface area contributed by atoms with Gasteiger partial charge in [0.2, 0.25) is 0 Å². The van der Waals surface area contributed by atoms with Gasteiger partial charge in [0.15, 0.2) is 0 Å². The normalized spacial score (nSPS) is 14.3. The third-order valence-electron chi connectivity index (χ3n) is 3.41. The van der Waals surface area contributed by atoms with Gasteiger partial charge < -0.3 is 9.88 Å². The first-order chi connectivity index (χ1) is 9.36. The second kappa shape index (κ2) is 5.25. The van der Waals surface area contributed by atoms with E-state index in [-0.39, 0.29) is 0 Å². The van der Waals surface area contributed by atoms with Gasteiger partial charge in [-0.3, -0.25) is 0 Å². The highest BCUT2D eigenvalue weighted by Gasteiger charge is 2.20. The van der Waals surface area contributed by atoms with Crippen LogP contribution >= 0.6 is 0 Å². The molecular weight excluding hydrogens is 236 g/mol. The van der Waals surface area contributed by atoms with Crippen LogP contribution in [-0.4, -0.2) is 15.6 Å². The van der Waals surface area contributed by atoms with Gasteiger partial charge in [-0.05, 0) is 31.0 Å². The average molecular weight is 252 g/mol. The number of rotatable bonds is 5. The average Bonchev–Trinajstić information content (AvgIpc) is 3.17. The van der Waals surface area contributed by atoms with Crippen molar-refractivity contribution >= 4 is 0 Å². The molecule has 1 fully saturated rings. The lowest BCUT2D eigenvalue weighted by atomic mass is 10.2. The van der Waals surface area contributed by atoms with Gasteiger partial charge in [-0.15, -0.1) is 0 Å². The van der Waals surface area contributed by atoms with E-state index in [2.05, 4.69) is 33.2 Å². The number of aromatic nitrogens is 2. The molecule has 3 rings (SSSR count). The highest BCUT2D eigenvalue weighted by molar-refractivity contribution is 5.31. The van der Waals surface area contributed by atoms with E-state index in [1.54, 1.807) is 6.20 Å². The monoisotopic (exact) mass is 252 g/mol. The summed E-state index contributed by atoms with van der Waals surface area (Å²) in [5.74, 6) is 0. The molecule has 1 aliphatic rings. The smallest absolute Gasteiger partial charge is 0.145 e. The molecule has 4 nitrogen and oxygen atoms in total. The quantitative estimate of drug-likeness (QED) is 0.886. The van der Waals surface area contributed by atoms with E-state index in [4.69, 9.17) is 5.26 Å². The SMILES string of the molecule is N#Cc1ncccc1Cn1cccc1CNC1CC1. The summed E-state index contributed by atoms with van der Waals surface area (Å²) >= 11 is 0. The molecule has 96 valence electrons. The highest BCUT2D eigenvalue weighted by Crippen LogP contribution is 2.19. The van der Waals surface area contributed by atoms with Gasteiger partial charge in [0.1, 0.15) is 11.8 Å². The van der Waals surface area contributed by atoms with Gasteiger partial charge in [0.25, 0.3) is 0 Å². The first kappa shape index (κ1) is 11.9. The van der Waals surface area contributed by atoms with Crippen LogP contribution in [0.2, 0.25) is 0 Å². The predicted octanol–water partition coefficient (Wildman–Crippen LogP) is 2.06. The molecule has 4 heteroatoms. The van der Waals surface area contributed by atoms with Gasteiger partial charge in [-0.25, -0.2) is 4.98 Å². The zero-order chi connectivity index (χ0) is 13.1. The molecule has 0 aliphatic heterocycles. The molecule has 0 atom stereocenters. The van der Waals surface area contributed by atoms with Gasteiger partial charge in [-0.2, -0.15) is 5.26 Å². The first-order valence-corrected chi connectivity index (χ1v) is 6.58. The van der Waals surface area contributed by atoms with E-state index in [0.717, 1.165) is 12.1 Å². The molecule has 0 amide bonds. The van der Waals surface area contributed by atoms with Crippen molar-refractivity contribution < 1.29 is 0 Å². The Labute approximate surface area is 112 Å². The lowest BCUT2D eigenvalue weighted by Gasteiger charge is -2.10. The van der Waals surface area contributed by atoms with Crippen molar-refractivity contribution in [2.75, 3.05) is 0 Å². The Bertz CT molecular complexity index is 605. The summed E-state index contributed by atoms with van der Waals surface area (Å²) in [5.41, 5.74) is 2.73. The molecule has 0 saturated heterocycles. The Morgan fingerprint density at radius 2 is 2.26 bits per heavy atom. The fraction of sp³-hybridized carbons (Fsp3) is 0.333. The highest BCUT2D eigenvalue weighted by atomic mass is 15.0. The molecule has 2 heterocycles. The van der Waals surface area contributed by atoms with Crippen LogP contribution in [0.3, 0.4) is 0 Å². The van der Waals surface area contributed by atoms with Crippen molar-refractivity contribution in [3.05, 3.63) is 53.6 Å². The van der Waals surface area contributed by atoms with Crippen molar-refractivity contribution in [3.63, 3.8) is 0 Å². The maximum absolute atomic E-state index is 9.07. The van der Waals surface area contributed by atoms with Crippen LogP contribution < -0.4 is 5.32 Å². The van der Waals surface area contributed by atoms with Crippen LogP contribution in [0.5, 0.6) is 0 Å². The Morgan fingerprint density at radius 3 is 3.05 bits per heavy atom. The minimum absolute atomic E-state index is 0.511. The van der Waals surface area contributed by atoms with E-state index in [9.17, 15) is 0 Å². The third-order valence-corrected chi connectivity index (χ3v) is 3.41. The summed E-state index contributed by atoms with van der Waals surface area (Å²) in [5, 5.41) is 12.6. The van der Waals surface area contributed by atoms with Crippen LogP contribution in [0.1, 0.15) is 29.8 Å². The number of nitrogens with zero attached hydrogens (tertiary/aromatic N) is 3. The van der Waals surface area contributed by atoms with Crippen molar-refractivity contribution in [2.45, 2.75) is 32.0 Å². The minimum Gasteiger partial charge on any atom is -0.346 e. The molecule has 0 radical (unpaired) electrons. The Balaban J connectivity index is 1.75.